The zero-order chi connectivity index (χ0) is 12.8. The summed E-state index contributed by atoms with van der Waals surface area (Å²) in [6.07, 6.45) is 0. The van der Waals surface area contributed by atoms with Gasteiger partial charge >= 0.3 is 0 Å². The fourth-order valence-electron chi connectivity index (χ4n) is 1.84. The van der Waals surface area contributed by atoms with Crippen LogP contribution in [0.15, 0.2) is 36.5 Å². The normalized spacial score (nSPS) is 13.9. The standard InChI is InChI=1S/C15H23NO/c1-6-17-15-9-7-14(8-10-15)12(4)13(5)16-11(2)3/h7-10,12-13,16H,2,6H2,1,3-5H3. The zero-order valence-corrected chi connectivity index (χ0v) is 11.3. The highest BCUT2D eigenvalue weighted by molar-refractivity contribution is 5.30. The summed E-state index contributed by atoms with van der Waals surface area (Å²) in [4.78, 5) is 0. The van der Waals surface area contributed by atoms with Crippen molar-refractivity contribution in [2.24, 2.45) is 0 Å². The predicted octanol–water partition coefficient (Wildman–Crippen LogP) is 3.70. The van der Waals surface area contributed by atoms with E-state index in [0.717, 1.165) is 11.4 Å². The minimum absolute atomic E-state index is 0.380. The van der Waals surface area contributed by atoms with E-state index in [0.29, 0.717) is 18.6 Å². The summed E-state index contributed by atoms with van der Waals surface area (Å²) >= 11 is 0. The van der Waals surface area contributed by atoms with Crippen molar-refractivity contribution in [3.8, 4) is 5.75 Å². The van der Waals surface area contributed by atoms with Gasteiger partial charge in [-0.3, -0.25) is 0 Å². The maximum Gasteiger partial charge on any atom is 0.119 e. The fourth-order valence-corrected chi connectivity index (χ4v) is 1.84. The average Bonchev–Trinajstić information content (AvgIpc) is 2.28. The van der Waals surface area contributed by atoms with Gasteiger partial charge in [0.1, 0.15) is 5.75 Å². The van der Waals surface area contributed by atoms with Crippen LogP contribution in [0.5, 0.6) is 5.75 Å². The minimum Gasteiger partial charge on any atom is -0.494 e. The minimum atomic E-state index is 0.380. The molecule has 0 bridgehead atoms. The quantitative estimate of drug-likeness (QED) is 0.809. The number of hydrogen-bond acceptors (Lipinski definition) is 2. The molecular weight excluding hydrogens is 210 g/mol. The summed E-state index contributed by atoms with van der Waals surface area (Å²) in [5, 5.41) is 3.36. The SMILES string of the molecule is C=C(C)NC(C)C(C)c1ccc(OCC)cc1. The lowest BCUT2D eigenvalue weighted by molar-refractivity contribution is 0.340. The molecule has 0 aliphatic rings. The molecule has 0 aliphatic heterocycles. The number of ether oxygens (including phenoxy) is 1. The number of nitrogens with one attached hydrogen (secondary N) is 1. The van der Waals surface area contributed by atoms with Gasteiger partial charge in [-0.25, -0.2) is 0 Å². The molecule has 94 valence electrons. The van der Waals surface area contributed by atoms with Crippen molar-refractivity contribution in [1.82, 2.24) is 5.32 Å². The molecule has 0 saturated carbocycles. The first kappa shape index (κ1) is 13.6. The lowest BCUT2D eigenvalue weighted by Gasteiger charge is -2.23. The van der Waals surface area contributed by atoms with Crippen LogP contribution in [-0.2, 0) is 0 Å². The van der Waals surface area contributed by atoms with Crippen LogP contribution in [0.3, 0.4) is 0 Å². The van der Waals surface area contributed by atoms with Crippen molar-refractivity contribution in [2.45, 2.75) is 39.7 Å². The van der Waals surface area contributed by atoms with Crippen molar-refractivity contribution in [1.29, 1.82) is 0 Å². The van der Waals surface area contributed by atoms with Crippen molar-refractivity contribution in [2.75, 3.05) is 6.61 Å². The smallest absolute Gasteiger partial charge is 0.119 e. The van der Waals surface area contributed by atoms with Gasteiger partial charge in [0.2, 0.25) is 0 Å². The number of benzene rings is 1. The van der Waals surface area contributed by atoms with Crippen LogP contribution in [0.25, 0.3) is 0 Å². The van der Waals surface area contributed by atoms with Gasteiger partial charge in [-0.15, -0.1) is 0 Å². The van der Waals surface area contributed by atoms with Crippen molar-refractivity contribution < 1.29 is 4.74 Å². The summed E-state index contributed by atoms with van der Waals surface area (Å²) in [5.41, 5.74) is 2.32. The summed E-state index contributed by atoms with van der Waals surface area (Å²) in [5.74, 6) is 1.38. The molecule has 0 radical (unpaired) electrons. The third kappa shape index (κ3) is 4.14. The van der Waals surface area contributed by atoms with Gasteiger partial charge in [0.05, 0.1) is 6.61 Å². The van der Waals surface area contributed by atoms with Crippen molar-refractivity contribution in [3.63, 3.8) is 0 Å². The van der Waals surface area contributed by atoms with E-state index < -0.39 is 0 Å². The Morgan fingerprint density at radius 2 is 1.88 bits per heavy atom. The Kier molecular flexibility index (Phi) is 5.08. The predicted molar refractivity (Wildman–Crippen MR) is 73.4 cm³/mol. The van der Waals surface area contributed by atoms with Gasteiger partial charge < -0.3 is 10.1 Å². The molecule has 1 aromatic carbocycles. The first-order valence-corrected chi connectivity index (χ1v) is 6.19. The second-order valence-corrected chi connectivity index (χ2v) is 4.50. The highest BCUT2D eigenvalue weighted by atomic mass is 16.5. The zero-order valence-electron chi connectivity index (χ0n) is 11.3. The van der Waals surface area contributed by atoms with Crippen LogP contribution >= 0.6 is 0 Å². The number of allylic oxidation sites excluding steroid dienone is 1. The second-order valence-electron chi connectivity index (χ2n) is 4.50. The Labute approximate surface area is 105 Å². The molecule has 0 spiro atoms. The third-order valence-corrected chi connectivity index (χ3v) is 2.94. The van der Waals surface area contributed by atoms with Crippen LogP contribution in [0.2, 0.25) is 0 Å². The van der Waals surface area contributed by atoms with Crippen LogP contribution in [-0.4, -0.2) is 12.6 Å². The van der Waals surface area contributed by atoms with Crippen LogP contribution in [0.1, 0.15) is 39.2 Å². The monoisotopic (exact) mass is 233 g/mol. The molecule has 2 atom stereocenters. The molecule has 17 heavy (non-hydrogen) atoms. The fraction of sp³-hybridized carbons (Fsp3) is 0.467. The molecule has 0 heterocycles. The Bertz CT molecular complexity index is 356. The highest BCUT2D eigenvalue weighted by Gasteiger charge is 2.13. The lowest BCUT2D eigenvalue weighted by atomic mass is 9.94. The number of rotatable bonds is 6. The van der Waals surface area contributed by atoms with Gasteiger partial charge in [-0.05, 0) is 38.5 Å². The molecular formula is C15H23NO. The number of hydrogen-bond donors (Lipinski definition) is 1. The Morgan fingerprint density at radius 3 is 2.35 bits per heavy atom. The Balaban J connectivity index is 2.68. The van der Waals surface area contributed by atoms with Gasteiger partial charge in [0.25, 0.3) is 0 Å². The molecule has 0 aromatic heterocycles. The van der Waals surface area contributed by atoms with E-state index >= 15 is 0 Å². The van der Waals surface area contributed by atoms with Gasteiger partial charge in [0, 0.05) is 17.7 Å². The Morgan fingerprint density at radius 1 is 1.29 bits per heavy atom. The molecule has 2 nitrogen and oxygen atoms in total. The lowest BCUT2D eigenvalue weighted by Crippen LogP contribution is -2.29. The van der Waals surface area contributed by atoms with E-state index in [9.17, 15) is 0 Å². The van der Waals surface area contributed by atoms with E-state index in [1.807, 2.05) is 26.0 Å². The van der Waals surface area contributed by atoms with Crippen LogP contribution in [0, 0.1) is 0 Å². The maximum atomic E-state index is 5.44. The molecule has 0 aliphatic carbocycles. The maximum absolute atomic E-state index is 5.44. The van der Waals surface area contributed by atoms with Gasteiger partial charge in [-0.1, -0.05) is 25.6 Å². The summed E-state index contributed by atoms with van der Waals surface area (Å²) in [6.45, 7) is 13.0. The second kappa shape index (κ2) is 6.33. The molecule has 1 aromatic rings. The van der Waals surface area contributed by atoms with Crippen LogP contribution < -0.4 is 10.1 Å². The largest absolute Gasteiger partial charge is 0.494 e. The van der Waals surface area contributed by atoms with Crippen molar-refractivity contribution in [3.05, 3.63) is 42.1 Å². The topological polar surface area (TPSA) is 21.3 Å². The molecule has 2 heteroatoms. The first-order chi connectivity index (χ1) is 8.04. The molecule has 0 amide bonds. The molecule has 1 N–H and O–H groups in total. The molecule has 0 saturated heterocycles. The first-order valence-electron chi connectivity index (χ1n) is 6.19. The highest BCUT2D eigenvalue weighted by Crippen LogP contribution is 2.22. The summed E-state index contributed by atoms with van der Waals surface area (Å²) in [6, 6.07) is 8.70. The van der Waals surface area contributed by atoms with E-state index in [1.165, 1.54) is 5.56 Å². The van der Waals surface area contributed by atoms with Crippen molar-refractivity contribution >= 4 is 0 Å². The molecule has 2 unspecified atom stereocenters. The van der Waals surface area contributed by atoms with Gasteiger partial charge in [0.15, 0.2) is 0 Å². The van der Waals surface area contributed by atoms with Gasteiger partial charge in [-0.2, -0.15) is 0 Å². The van der Waals surface area contributed by atoms with E-state index in [-0.39, 0.29) is 0 Å². The molecule has 1 rings (SSSR count). The summed E-state index contributed by atoms with van der Waals surface area (Å²) < 4.78 is 5.44. The van der Waals surface area contributed by atoms with E-state index in [4.69, 9.17) is 4.74 Å². The Hall–Kier alpha value is -1.44. The van der Waals surface area contributed by atoms with E-state index in [1.54, 1.807) is 0 Å². The summed E-state index contributed by atoms with van der Waals surface area (Å²) in [7, 11) is 0. The van der Waals surface area contributed by atoms with E-state index in [2.05, 4.69) is 37.9 Å². The van der Waals surface area contributed by atoms with Crippen LogP contribution in [0.4, 0.5) is 0 Å². The average molecular weight is 233 g/mol. The third-order valence-electron chi connectivity index (χ3n) is 2.94. The molecule has 0 fully saturated rings.